The summed E-state index contributed by atoms with van der Waals surface area (Å²) in [4.78, 5) is 43.2. The maximum Gasteiger partial charge on any atom is 0.244 e. The standard InChI is InChI=1S/C29H43N3O5S/c1-8-37-19-11-9-18(10-12-19)30-24(34)21-20-13-14-29(38-20)22(21)26(36)32(17(2)15-33)23(29)25(35)31-28(6,7)16-27(3,4)5/h9-12,17,20-23,33H,8,13-16H2,1-7H3,(H,30,34)(H,31,35)/t17-,20-,21+,22+,23?,29?/m1/s1. The third-order valence-electron chi connectivity index (χ3n) is 7.89. The number of thioether (sulfide) groups is 1. The number of likely N-dealkylation sites (tertiary alicyclic amines) is 1. The molecule has 9 heteroatoms. The van der Waals surface area contributed by atoms with Gasteiger partial charge in [0.2, 0.25) is 17.7 Å². The number of aliphatic hydroxyl groups excluding tert-OH is 1. The molecule has 8 nitrogen and oxygen atoms in total. The Kier molecular flexibility index (Phi) is 7.85. The second-order valence-corrected chi connectivity index (χ2v) is 14.5. The van der Waals surface area contributed by atoms with Crippen LogP contribution in [0.15, 0.2) is 24.3 Å². The Balaban J connectivity index is 1.62. The number of nitrogens with one attached hydrogen (secondary N) is 2. The third kappa shape index (κ3) is 5.28. The monoisotopic (exact) mass is 545 g/mol. The van der Waals surface area contributed by atoms with Crippen molar-refractivity contribution in [3.63, 3.8) is 0 Å². The molecular weight excluding hydrogens is 502 g/mol. The summed E-state index contributed by atoms with van der Waals surface area (Å²) in [5.41, 5.74) is 0.170. The molecule has 3 saturated heterocycles. The number of ether oxygens (including phenoxy) is 1. The number of aliphatic hydroxyl groups is 1. The molecule has 1 spiro atoms. The summed E-state index contributed by atoms with van der Waals surface area (Å²) in [5.74, 6) is -1.02. The molecule has 3 aliphatic rings. The lowest BCUT2D eigenvalue weighted by molar-refractivity contribution is -0.142. The summed E-state index contributed by atoms with van der Waals surface area (Å²) in [6, 6.07) is 5.94. The fraction of sp³-hybridized carbons (Fsp3) is 0.690. The molecule has 0 aliphatic carbocycles. The lowest BCUT2D eigenvalue weighted by Crippen LogP contribution is -2.59. The van der Waals surface area contributed by atoms with Crippen LogP contribution in [-0.2, 0) is 14.4 Å². The van der Waals surface area contributed by atoms with E-state index in [9.17, 15) is 19.5 Å². The largest absolute Gasteiger partial charge is 0.494 e. The highest BCUT2D eigenvalue weighted by atomic mass is 32.2. The minimum Gasteiger partial charge on any atom is -0.494 e. The Bertz CT molecular complexity index is 1070. The van der Waals surface area contributed by atoms with E-state index in [1.54, 1.807) is 47.9 Å². The molecule has 3 amide bonds. The van der Waals surface area contributed by atoms with E-state index in [1.807, 2.05) is 20.8 Å². The zero-order valence-electron chi connectivity index (χ0n) is 23.7. The van der Waals surface area contributed by atoms with E-state index in [0.717, 1.165) is 18.6 Å². The highest BCUT2D eigenvalue weighted by molar-refractivity contribution is 8.02. The van der Waals surface area contributed by atoms with Crippen LogP contribution in [-0.4, -0.2) is 68.6 Å². The third-order valence-corrected chi connectivity index (χ3v) is 9.85. The van der Waals surface area contributed by atoms with Crippen molar-refractivity contribution >= 4 is 35.2 Å². The molecule has 0 aromatic heterocycles. The molecule has 3 fully saturated rings. The van der Waals surface area contributed by atoms with Gasteiger partial charge in [-0.25, -0.2) is 0 Å². The Labute approximate surface area is 230 Å². The zero-order valence-corrected chi connectivity index (χ0v) is 24.5. The first-order valence-electron chi connectivity index (χ1n) is 13.7. The second kappa shape index (κ2) is 10.4. The van der Waals surface area contributed by atoms with E-state index in [1.165, 1.54) is 0 Å². The van der Waals surface area contributed by atoms with Gasteiger partial charge in [0.05, 0.1) is 35.8 Å². The van der Waals surface area contributed by atoms with Gasteiger partial charge in [0.15, 0.2) is 0 Å². The van der Waals surface area contributed by atoms with Gasteiger partial charge in [0.25, 0.3) is 0 Å². The van der Waals surface area contributed by atoms with Gasteiger partial charge in [-0.05, 0) is 76.6 Å². The van der Waals surface area contributed by atoms with Crippen LogP contribution >= 0.6 is 11.8 Å². The zero-order chi connectivity index (χ0) is 28.0. The highest BCUT2D eigenvalue weighted by Gasteiger charge is 2.74. The van der Waals surface area contributed by atoms with Crippen molar-refractivity contribution in [1.29, 1.82) is 0 Å². The first-order valence-corrected chi connectivity index (χ1v) is 14.6. The summed E-state index contributed by atoms with van der Waals surface area (Å²) in [5, 5.41) is 16.2. The SMILES string of the molecule is CCOc1ccc(NC(=O)[C@@H]2[C@H]3C(=O)N([C@H](C)CO)C(C(=O)NC(C)(C)CC(C)(C)C)C34CC[C@H]2S4)cc1. The number of hydrogen-bond donors (Lipinski definition) is 3. The topological polar surface area (TPSA) is 108 Å². The summed E-state index contributed by atoms with van der Waals surface area (Å²) in [6.45, 7) is 14.4. The van der Waals surface area contributed by atoms with Crippen molar-refractivity contribution in [2.45, 2.75) is 95.3 Å². The normalized spacial score (nSPS) is 29.3. The molecule has 3 aliphatic heterocycles. The van der Waals surface area contributed by atoms with E-state index < -0.39 is 34.2 Å². The predicted molar refractivity (Wildman–Crippen MR) is 150 cm³/mol. The van der Waals surface area contributed by atoms with Crippen molar-refractivity contribution in [2.24, 2.45) is 17.3 Å². The van der Waals surface area contributed by atoms with Crippen LogP contribution in [0.1, 0.15) is 67.7 Å². The molecule has 1 aromatic carbocycles. The van der Waals surface area contributed by atoms with Gasteiger partial charge in [-0.1, -0.05) is 20.8 Å². The number of carbonyl (C=O) groups is 3. The lowest BCUT2D eigenvalue weighted by atomic mass is 9.70. The Hall–Kier alpha value is -2.26. The number of fused-ring (bicyclic) bond motifs is 1. The Morgan fingerprint density at radius 1 is 1.18 bits per heavy atom. The molecule has 6 atom stereocenters. The number of carbonyl (C=O) groups excluding carboxylic acids is 3. The predicted octanol–water partition coefficient (Wildman–Crippen LogP) is 3.83. The minimum atomic E-state index is -0.736. The van der Waals surface area contributed by atoms with Crippen LogP contribution in [0.25, 0.3) is 0 Å². The molecular formula is C29H43N3O5S. The average molecular weight is 546 g/mol. The summed E-state index contributed by atoms with van der Waals surface area (Å²) < 4.78 is 4.80. The van der Waals surface area contributed by atoms with Crippen LogP contribution < -0.4 is 15.4 Å². The van der Waals surface area contributed by atoms with Gasteiger partial charge in [-0.3, -0.25) is 14.4 Å². The molecule has 2 bridgehead atoms. The van der Waals surface area contributed by atoms with Crippen LogP contribution in [0.2, 0.25) is 0 Å². The Morgan fingerprint density at radius 2 is 1.84 bits per heavy atom. The van der Waals surface area contributed by atoms with Gasteiger partial charge in [-0.15, -0.1) is 11.8 Å². The summed E-state index contributed by atoms with van der Waals surface area (Å²) >= 11 is 1.63. The fourth-order valence-corrected chi connectivity index (χ4v) is 9.26. The maximum atomic E-state index is 14.0. The lowest BCUT2D eigenvalue weighted by Gasteiger charge is -2.40. The molecule has 4 rings (SSSR count). The average Bonchev–Trinajstić information content (AvgIpc) is 3.45. The summed E-state index contributed by atoms with van der Waals surface area (Å²) in [7, 11) is 0. The molecule has 38 heavy (non-hydrogen) atoms. The quantitative estimate of drug-likeness (QED) is 0.435. The van der Waals surface area contributed by atoms with E-state index in [0.29, 0.717) is 18.7 Å². The van der Waals surface area contributed by atoms with E-state index in [-0.39, 0.29) is 35.0 Å². The Morgan fingerprint density at radius 3 is 2.42 bits per heavy atom. The number of amides is 3. The first-order chi connectivity index (χ1) is 17.7. The minimum absolute atomic E-state index is 0.00574. The van der Waals surface area contributed by atoms with Crippen molar-refractivity contribution in [3.05, 3.63) is 24.3 Å². The van der Waals surface area contributed by atoms with E-state index in [2.05, 4.69) is 31.4 Å². The molecule has 0 radical (unpaired) electrons. The molecule has 210 valence electrons. The number of nitrogens with zero attached hydrogens (tertiary/aromatic N) is 1. The van der Waals surface area contributed by atoms with Crippen LogP contribution in [0.4, 0.5) is 5.69 Å². The van der Waals surface area contributed by atoms with Crippen molar-refractivity contribution in [1.82, 2.24) is 10.2 Å². The first kappa shape index (κ1) is 28.7. The van der Waals surface area contributed by atoms with Gasteiger partial charge in [0, 0.05) is 16.5 Å². The second-order valence-electron chi connectivity index (χ2n) is 12.9. The highest BCUT2D eigenvalue weighted by Crippen LogP contribution is 2.66. The summed E-state index contributed by atoms with van der Waals surface area (Å²) in [6.07, 6.45) is 2.23. The van der Waals surface area contributed by atoms with Crippen LogP contribution in [0.5, 0.6) is 5.75 Å². The van der Waals surface area contributed by atoms with Gasteiger partial charge >= 0.3 is 0 Å². The van der Waals surface area contributed by atoms with Crippen molar-refractivity contribution in [2.75, 3.05) is 18.5 Å². The molecule has 2 unspecified atom stereocenters. The number of anilines is 1. The van der Waals surface area contributed by atoms with Crippen molar-refractivity contribution < 1.29 is 24.2 Å². The van der Waals surface area contributed by atoms with Crippen LogP contribution in [0.3, 0.4) is 0 Å². The smallest absolute Gasteiger partial charge is 0.244 e. The molecule has 3 N–H and O–H groups in total. The molecule has 3 heterocycles. The van der Waals surface area contributed by atoms with E-state index in [4.69, 9.17) is 4.74 Å². The van der Waals surface area contributed by atoms with Gasteiger partial charge in [0.1, 0.15) is 11.8 Å². The van der Waals surface area contributed by atoms with Gasteiger partial charge in [-0.2, -0.15) is 0 Å². The van der Waals surface area contributed by atoms with Gasteiger partial charge < -0.3 is 25.4 Å². The fourth-order valence-electron chi connectivity index (χ4n) is 7.05. The maximum absolute atomic E-state index is 14.0. The number of benzene rings is 1. The molecule has 1 aromatic rings. The van der Waals surface area contributed by atoms with Crippen LogP contribution in [0, 0.1) is 17.3 Å². The van der Waals surface area contributed by atoms with E-state index >= 15 is 0 Å². The van der Waals surface area contributed by atoms with Crippen molar-refractivity contribution in [3.8, 4) is 5.75 Å². The molecule has 0 saturated carbocycles. The number of hydrogen-bond acceptors (Lipinski definition) is 6. The number of rotatable bonds is 9.